The lowest BCUT2D eigenvalue weighted by Gasteiger charge is -2.31. The Morgan fingerprint density at radius 2 is 1.79 bits per heavy atom. The summed E-state index contributed by atoms with van der Waals surface area (Å²) in [5.74, 6) is -1.19. The summed E-state index contributed by atoms with van der Waals surface area (Å²) in [6, 6.07) is 0. The summed E-state index contributed by atoms with van der Waals surface area (Å²) in [5, 5.41) is 10.5. The molecule has 0 saturated carbocycles. The van der Waals surface area contributed by atoms with Crippen molar-refractivity contribution in [2.75, 3.05) is 0 Å². The topological polar surface area (TPSA) is 65.0 Å². The Balaban J connectivity index is 2.69. The van der Waals surface area contributed by atoms with Gasteiger partial charge in [0.05, 0.1) is 12.5 Å². The quantitative estimate of drug-likeness (QED) is 0.797. The van der Waals surface area contributed by atoms with E-state index in [0.29, 0.717) is 0 Å². The molecule has 1 rings (SSSR count). The van der Waals surface area contributed by atoms with Crippen LogP contribution in [0.1, 0.15) is 54.9 Å². The van der Waals surface area contributed by atoms with Gasteiger partial charge in [-0.2, -0.15) is 0 Å². The van der Waals surface area contributed by atoms with Crippen LogP contribution in [0.25, 0.3) is 0 Å². The highest BCUT2D eigenvalue weighted by molar-refractivity contribution is 5.71. The molecule has 0 aromatic carbocycles. The molecular formula is C14H26O5. The van der Waals surface area contributed by atoms with E-state index in [2.05, 4.69) is 0 Å². The first-order chi connectivity index (χ1) is 8.32. The molecular weight excluding hydrogens is 248 g/mol. The van der Waals surface area contributed by atoms with E-state index >= 15 is 0 Å². The molecule has 19 heavy (non-hydrogen) atoms. The van der Waals surface area contributed by atoms with Crippen molar-refractivity contribution >= 4 is 5.97 Å². The summed E-state index contributed by atoms with van der Waals surface area (Å²) in [6.45, 7) is 12.3. The monoisotopic (exact) mass is 274 g/mol. The van der Waals surface area contributed by atoms with Crippen LogP contribution < -0.4 is 0 Å². The Kier molecular flexibility index (Phi) is 4.35. The second-order valence-electron chi connectivity index (χ2n) is 6.88. The maximum Gasteiger partial charge on any atom is 0.309 e. The van der Waals surface area contributed by atoms with Gasteiger partial charge in [0.15, 0.2) is 5.79 Å². The number of ether oxygens (including phenoxy) is 3. The van der Waals surface area contributed by atoms with E-state index in [1.54, 1.807) is 41.5 Å². The number of rotatable bonds is 3. The lowest BCUT2D eigenvalue weighted by molar-refractivity contribution is -0.180. The van der Waals surface area contributed by atoms with Crippen molar-refractivity contribution in [2.45, 2.75) is 84.1 Å². The maximum absolute atomic E-state index is 11.8. The lowest BCUT2D eigenvalue weighted by atomic mass is 9.92. The highest BCUT2D eigenvalue weighted by Gasteiger charge is 2.49. The average Bonchev–Trinajstić information content (AvgIpc) is 2.35. The lowest BCUT2D eigenvalue weighted by Crippen LogP contribution is -2.47. The minimum atomic E-state index is -1.32. The number of aliphatic hydroxyl groups is 1. The van der Waals surface area contributed by atoms with Crippen LogP contribution in [0.15, 0.2) is 0 Å². The fourth-order valence-corrected chi connectivity index (χ4v) is 2.34. The Hall–Kier alpha value is -0.650. The van der Waals surface area contributed by atoms with Gasteiger partial charge in [0.1, 0.15) is 17.3 Å². The normalized spacial score (nSPS) is 29.9. The number of carbonyl (C=O) groups excluding carboxylic acids is 1. The molecule has 1 aliphatic heterocycles. The van der Waals surface area contributed by atoms with Crippen LogP contribution in [0.5, 0.6) is 0 Å². The molecule has 5 heteroatoms. The summed E-state index contributed by atoms with van der Waals surface area (Å²) < 4.78 is 16.5. The van der Waals surface area contributed by atoms with Gasteiger partial charge in [-0.3, -0.25) is 4.79 Å². The summed E-state index contributed by atoms with van der Waals surface area (Å²) in [5.41, 5.74) is -1.89. The van der Waals surface area contributed by atoms with Crippen LogP contribution in [0.2, 0.25) is 0 Å². The zero-order valence-corrected chi connectivity index (χ0v) is 12.9. The van der Waals surface area contributed by atoms with E-state index in [-0.39, 0.29) is 12.5 Å². The van der Waals surface area contributed by atoms with Crippen molar-refractivity contribution in [2.24, 2.45) is 0 Å². The van der Waals surface area contributed by atoms with Gasteiger partial charge in [-0.15, -0.1) is 0 Å². The molecule has 5 nitrogen and oxygen atoms in total. The number of carbonyl (C=O) groups is 1. The van der Waals surface area contributed by atoms with Crippen molar-refractivity contribution in [3.8, 4) is 0 Å². The van der Waals surface area contributed by atoms with Crippen LogP contribution >= 0.6 is 0 Å². The van der Waals surface area contributed by atoms with Gasteiger partial charge < -0.3 is 19.3 Å². The molecule has 0 bridgehead atoms. The Bertz CT molecular complexity index is 340. The van der Waals surface area contributed by atoms with Crippen LogP contribution in [0, 0.1) is 0 Å². The predicted molar refractivity (Wildman–Crippen MR) is 70.6 cm³/mol. The van der Waals surface area contributed by atoms with Crippen molar-refractivity contribution in [3.63, 3.8) is 0 Å². The van der Waals surface area contributed by atoms with Gasteiger partial charge in [-0.05, 0) is 48.5 Å². The molecule has 1 aliphatic rings. The second kappa shape index (κ2) is 5.04. The van der Waals surface area contributed by atoms with Gasteiger partial charge in [-0.25, -0.2) is 0 Å². The molecule has 112 valence electrons. The third kappa shape index (κ3) is 4.75. The third-order valence-corrected chi connectivity index (χ3v) is 2.84. The fourth-order valence-electron chi connectivity index (χ4n) is 2.34. The SMILES string of the molecule is C[C@H]1OC(C)(C)O[C@@H]1C(C)(O)CC(=O)OC(C)(C)C. The summed E-state index contributed by atoms with van der Waals surface area (Å²) in [7, 11) is 0. The first-order valence-corrected chi connectivity index (χ1v) is 6.62. The van der Waals surface area contributed by atoms with Crippen LogP contribution in [0.3, 0.4) is 0 Å². The number of hydrogen-bond acceptors (Lipinski definition) is 5. The first kappa shape index (κ1) is 16.4. The van der Waals surface area contributed by atoms with Gasteiger partial charge in [0.25, 0.3) is 0 Å². The van der Waals surface area contributed by atoms with E-state index < -0.39 is 29.1 Å². The minimum absolute atomic E-state index is 0.126. The fraction of sp³-hybridized carbons (Fsp3) is 0.929. The molecule has 3 atom stereocenters. The Morgan fingerprint density at radius 3 is 2.16 bits per heavy atom. The molecule has 0 aromatic rings. The van der Waals surface area contributed by atoms with Crippen LogP contribution in [-0.4, -0.2) is 40.3 Å². The number of hydrogen-bond donors (Lipinski definition) is 1. The zero-order valence-electron chi connectivity index (χ0n) is 12.9. The average molecular weight is 274 g/mol. The standard InChI is InChI=1S/C14H26O5/c1-9-11(19-13(5,6)17-9)14(7,16)8-10(15)18-12(2,3)4/h9,11,16H,8H2,1-7H3/t9-,11+,14?/m1/s1. The largest absolute Gasteiger partial charge is 0.460 e. The van der Waals surface area contributed by atoms with Crippen LogP contribution in [0.4, 0.5) is 0 Å². The van der Waals surface area contributed by atoms with Crippen molar-refractivity contribution in [3.05, 3.63) is 0 Å². The smallest absolute Gasteiger partial charge is 0.309 e. The first-order valence-electron chi connectivity index (χ1n) is 6.62. The molecule has 1 saturated heterocycles. The molecule has 1 heterocycles. The summed E-state index contributed by atoms with van der Waals surface area (Å²) in [4.78, 5) is 11.8. The van der Waals surface area contributed by atoms with Crippen LogP contribution in [-0.2, 0) is 19.0 Å². The summed E-state index contributed by atoms with van der Waals surface area (Å²) in [6.07, 6.45) is -0.971. The van der Waals surface area contributed by atoms with Gasteiger partial charge in [0, 0.05) is 0 Å². The van der Waals surface area contributed by atoms with Gasteiger partial charge >= 0.3 is 5.97 Å². The van der Waals surface area contributed by atoms with E-state index in [0.717, 1.165) is 0 Å². The molecule has 1 N–H and O–H groups in total. The zero-order chi connectivity index (χ0) is 15.1. The molecule has 0 aliphatic carbocycles. The van der Waals surface area contributed by atoms with Crippen molar-refractivity contribution in [1.29, 1.82) is 0 Å². The van der Waals surface area contributed by atoms with Gasteiger partial charge in [-0.1, -0.05) is 0 Å². The molecule has 0 spiro atoms. The third-order valence-electron chi connectivity index (χ3n) is 2.84. The van der Waals surface area contributed by atoms with E-state index in [9.17, 15) is 9.90 Å². The molecule has 0 aromatic heterocycles. The highest BCUT2D eigenvalue weighted by atomic mass is 16.8. The number of esters is 1. The Labute approximate surface area is 115 Å². The van der Waals surface area contributed by atoms with E-state index in [1.165, 1.54) is 0 Å². The minimum Gasteiger partial charge on any atom is -0.460 e. The highest BCUT2D eigenvalue weighted by Crippen LogP contribution is 2.35. The predicted octanol–water partition coefficient (Wildman–Crippen LogP) is 2.01. The van der Waals surface area contributed by atoms with E-state index in [1.807, 2.05) is 6.92 Å². The van der Waals surface area contributed by atoms with Crippen molar-refractivity contribution < 1.29 is 24.1 Å². The summed E-state index contributed by atoms with van der Waals surface area (Å²) >= 11 is 0. The molecule has 1 fully saturated rings. The second-order valence-corrected chi connectivity index (χ2v) is 6.88. The Morgan fingerprint density at radius 1 is 1.26 bits per heavy atom. The molecule has 0 radical (unpaired) electrons. The molecule has 1 unspecified atom stereocenters. The molecule has 0 amide bonds. The van der Waals surface area contributed by atoms with Crippen molar-refractivity contribution in [1.82, 2.24) is 0 Å². The van der Waals surface area contributed by atoms with Gasteiger partial charge in [0.2, 0.25) is 0 Å². The maximum atomic E-state index is 11.8. The van der Waals surface area contributed by atoms with E-state index in [4.69, 9.17) is 14.2 Å².